The highest BCUT2D eigenvalue weighted by atomic mass is 35.5. The number of thiophene rings is 1. The van der Waals surface area contributed by atoms with E-state index in [0.717, 1.165) is 32.2 Å². The van der Waals surface area contributed by atoms with Gasteiger partial charge < -0.3 is 29.2 Å². The van der Waals surface area contributed by atoms with E-state index in [4.69, 9.17) is 40.5 Å². The molecular formula is C24H27ClN4O5S. The van der Waals surface area contributed by atoms with Crippen molar-refractivity contribution in [1.82, 2.24) is 9.97 Å². The van der Waals surface area contributed by atoms with E-state index in [1.54, 1.807) is 18.3 Å². The molecule has 0 saturated carbocycles. The summed E-state index contributed by atoms with van der Waals surface area (Å²) in [5.41, 5.74) is 1.04. The molecule has 2 aliphatic rings. The lowest BCUT2D eigenvalue weighted by atomic mass is 10.1. The van der Waals surface area contributed by atoms with Crippen molar-refractivity contribution in [3.8, 4) is 11.5 Å². The standard InChI is InChI=1S/C24H27ClN4O5S/c1-3-31-24(30)34-16-6-8-29(9-7-16)23-27-21(19-20(25)14(2)35-22(19)28-23)26-13-15-4-5-17-18(12-15)33-11-10-32-17/h4-5,12,16H,3,6-11,13H2,1-2H3,(H,26,27,28). The van der Waals surface area contributed by atoms with Crippen LogP contribution in [0.4, 0.5) is 16.6 Å². The highest BCUT2D eigenvalue weighted by Crippen LogP contribution is 2.39. The molecule has 0 radical (unpaired) electrons. The maximum absolute atomic E-state index is 11.6. The van der Waals surface area contributed by atoms with Gasteiger partial charge in [0, 0.05) is 37.4 Å². The van der Waals surface area contributed by atoms with Crippen LogP contribution in [0.3, 0.4) is 0 Å². The highest BCUT2D eigenvalue weighted by Gasteiger charge is 2.26. The van der Waals surface area contributed by atoms with Gasteiger partial charge in [-0.1, -0.05) is 17.7 Å². The Kier molecular flexibility index (Phi) is 7.01. The topological polar surface area (TPSA) is 95.0 Å². The van der Waals surface area contributed by atoms with Gasteiger partial charge in [0.2, 0.25) is 5.95 Å². The Morgan fingerprint density at radius 1 is 1.23 bits per heavy atom. The third kappa shape index (κ3) is 5.18. The summed E-state index contributed by atoms with van der Waals surface area (Å²) in [4.78, 5) is 25.3. The van der Waals surface area contributed by atoms with E-state index in [9.17, 15) is 4.79 Å². The van der Waals surface area contributed by atoms with Crippen LogP contribution in [0.1, 0.15) is 30.2 Å². The van der Waals surface area contributed by atoms with Crippen LogP contribution in [0.2, 0.25) is 5.02 Å². The second kappa shape index (κ2) is 10.3. The van der Waals surface area contributed by atoms with E-state index in [0.29, 0.717) is 69.1 Å². The number of aromatic nitrogens is 2. The Hall–Kier alpha value is -2.98. The molecule has 0 spiro atoms. The molecular weight excluding hydrogens is 492 g/mol. The van der Waals surface area contributed by atoms with Gasteiger partial charge in [0.15, 0.2) is 11.5 Å². The number of benzene rings is 1. The minimum Gasteiger partial charge on any atom is -0.486 e. The maximum atomic E-state index is 11.6. The molecule has 3 aromatic rings. The molecule has 2 aromatic heterocycles. The number of piperidine rings is 1. The Bertz CT molecular complexity index is 1230. The van der Waals surface area contributed by atoms with Crippen molar-refractivity contribution in [3.05, 3.63) is 33.7 Å². The molecule has 1 aromatic carbocycles. The zero-order valence-corrected chi connectivity index (χ0v) is 21.2. The number of hydrogen-bond donors (Lipinski definition) is 1. The van der Waals surface area contributed by atoms with Crippen molar-refractivity contribution in [2.45, 2.75) is 39.3 Å². The van der Waals surface area contributed by atoms with E-state index in [-0.39, 0.29) is 6.10 Å². The number of anilines is 2. The molecule has 35 heavy (non-hydrogen) atoms. The van der Waals surface area contributed by atoms with E-state index in [1.807, 2.05) is 25.1 Å². The lowest BCUT2D eigenvalue weighted by Gasteiger charge is -2.31. The summed E-state index contributed by atoms with van der Waals surface area (Å²) in [5, 5.41) is 4.95. The molecule has 11 heteroatoms. The van der Waals surface area contributed by atoms with Gasteiger partial charge >= 0.3 is 6.16 Å². The average molecular weight is 519 g/mol. The first-order valence-corrected chi connectivity index (χ1v) is 12.9. The third-order valence-electron chi connectivity index (χ3n) is 5.96. The molecule has 4 heterocycles. The van der Waals surface area contributed by atoms with Crippen molar-refractivity contribution < 1.29 is 23.7 Å². The SMILES string of the molecule is CCOC(=O)OC1CCN(c2nc(NCc3ccc4c(c3)OCCO4)c3c(Cl)c(C)sc3n2)CC1. The summed E-state index contributed by atoms with van der Waals surface area (Å²) in [6.45, 7) is 7.05. The lowest BCUT2D eigenvalue weighted by molar-refractivity contribution is 0.0183. The number of fused-ring (bicyclic) bond motifs is 2. The first kappa shape index (κ1) is 23.7. The fourth-order valence-corrected chi connectivity index (χ4v) is 5.44. The van der Waals surface area contributed by atoms with E-state index < -0.39 is 6.16 Å². The van der Waals surface area contributed by atoms with Crippen LogP contribution in [0.5, 0.6) is 11.5 Å². The van der Waals surface area contributed by atoms with Gasteiger partial charge in [-0.25, -0.2) is 9.78 Å². The van der Waals surface area contributed by atoms with Crippen LogP contribution in [-0.2, 0) is 16.0 Å². The van der Waals surface area contributed by atoms with Crippen molar-refractivity contribution in [2.24, 2.45) is 0 Å². The number of hydrogen-bond acceptors (Lipinski definition) is 10. The fraction of sp³-hybridized carbons (Fsp3) is 0.458. The zero-order chi connectivity index (χ0) is 24.4. The van der Waals surface area contributed by atoms with E-state index in [2.05, 4.69) is 10.2 Å². The maximum Gasteiger partial charge on any atom is 0.508 e. The number of aryl methyl sites for hydroxylation is 1. The Morgan fingerprint density at radius 2 is 2.00 bits per heavy atom. The lowest BCUT2D eigenvalue weighted by Crippen LogP contribution is -2.39. The van der Waals surface area contributed by atoms with Crippen molar-refractivity contribution >= 4 is 51.1 Å². The van der Waals surface area contributed by atoms with Gasteiger partial charge in [0.05, 0.1) is 17.0 Å². The number of nitrogens with one attached hydrogen (secondary N) is 1. The summed E-state index contributed by atoms with van der Waals surface area (Å²) in [7, 11) is 0. The quantitative estimate of drug-likeness (QED) is 0.443. The van der Waals surface area contributed by atoms with Gasteiger partial charge in [0.1, 0.15) is 30.0 Å². The van der Waals surface area contributed by atoms with E-state index >= 15 is 0 Å². The third-order valence-corrected chi connectivity index (χ3v) is 7.54. The first-order chi connectivity index (χ1) is 17.0. The smallest absolute Gasteiger partial charge is 0.486 e. The average Bonchev–Trinajstić information content (AvgIpc) is 3.16. The minimum atomic E-state index is -0.613. The molecule has 1 fully saturated rings. The second-order valence-corrected chi connectivity index (χ2v) is 9.92. The molecule has 9 nitrogen and oxygen atoms in total. The number of carbonyl (C=O) groups is 1. The Morgan fingerprint density at radius 3 is 2.77 bits per heavy atom. The summed E-state index contributed by atoms with van der Waals surface area (Å²) in [6, 6.07) is 5.92. The summed E-state index contributed by atoms with van der Waals surface area (Å²) >= 11 is 8.19. The molecule has 0 bridgehead atoms. The molecule has 186 valence electrons. The molecule has 1 N–H and O–H groups in total. The van der Waals surface area contributed by atoms with Gasteiger partial charge in [0.25, 0.3) is 0 Å². The number of halogens is 1. The van der Waals surface area contributed by atoms with Crippen LogP contribution in [0, 0.1) is 6.92 Å². The van der Waals surface area contributed by atoms with Gasteiger partial charge in [-0.3, -0.25) is 0 Å². The summed E-state index contributed by atoms with van der Waals surface area (Å²) in [6.07, 6.45) is 0.590. The number of carbonyl (C=O) groups excluding carboxylic acids is 1. The molecule has 0 amide bonds. The minimum absolute atomic E-state index is 0.166. The molecule has 2 aliphatic heterocycles. The number of nitrogens with zero attached hydrogens (tertiary/aromatic N) is 3. The van der Waals surface area contributed by atoms with Gasteiger partial charge in [-0.15, -0.1) is 11.3 Å². The first-order valence-electron chi connectivity index (χ1n) is 11.7. The molecule has 0 aliphatic carbocycles. The monoisotopic (exact) mass is 518 g/mol. The van der Waals surface area contributed by atoms with Crippen molar-refractivity contribution in [2.75, 3.05) is 43.1 Å². The molecule has 1 saturated heterocycles. The van der Waals surface area contributed by atoms with E-state index in [1.165, 1.54) is 0 Å². The fourth-order valence-electron chi connectivity index (χ4n) is 4.18. The largest absolute Gasteiger partial charge is 0.508 e. The predicted octanol–water partition coefficient (Wildman–Crippen LogP) is 5.18. The highest BCUT2D eigenvalue weighted by molar-refractivity contribution is 7.19. The Labute approximate surface area is 212 Å². The van der Waals surface area contributed by atoms with Crippen LogP contribution in [0.15, 0.2) is 18.2 Å². The Balaban J connectivity index is 1.34. The van der Waals surface area contributed by atoms with Gasteiger partial charge in [-0.2, -0.15) is 4.98 Å². The van der Waals surface area contributed by atoms with Crippen LogP contribution in [-0.4, -0.2) is 55.1 Å². The number of rotatable bonds is 6. The summed E-state index contributed by atoms with van der Waals surface area (Å²) in [5.74, 6) is 2.84. The van der Waals surface area contributed by atoms with Gasteiger partial charge in [-0.05, 0) is 31.5 Å². The molecule has 5 rings (SSSR count). The van der Waals surface area contributed by atoms with Crippen molar-refractivity contribution in [3.63, 3.8) is 0 Å². The van der Waals surface area contributed by atoms with Crippen molar-refractivity contribution in [1.29, 1.82) is 0 Å². The molecule has 0 unspecified atom stereocenters. The van der Waals surface area contributed by atoms with Crippen LogP contribution >= 0.6 is 22.9 Å². The molecule has 0 atom stereocenters. The van der Waals surface area contributed by atoms with Crippen LogP contribution < -0.4 is 19.7 Å². The number of ether oxygens (including phenoxy) is 4. The summed E-state index contributed by atoms with van der Waals surface area (Å²) < 4.78 is 21.6. The predicted molar refractivity (Wildman–Crippen MR) is 135 cm³/mol. The normalized spacial score (nSPS) is 15.8. The second-order valence-electron chi connectivity index (χ2n) is 8.34. The zero-order valence-electron chi connectivity index (χ0n) is 19.6. The van der Waals surface area contributed by atoms with Crippen LogP contribution in [0.25, 0.3) is 10.2 Å².